The van der Waals surface area contributed by atoms with E-state index in [0.29, 0.717) is 12.6 Å². The molecule has 3 nitrogen and oxygen atoms in total. The Morgan fingerprint density at radius 3 is 3.19 bits per heavy atom. The molecule has 0 saturated carbocycles. The Kier molecular flexibility index (Phi) is 4.19. The zero-order valence-electron chi connectivity index (χ0n) is 9.74. The maximum absolute atomic E-state index is 5.64. The molecule has 2 rings (SSSR count). The first-order valence-corrected chi connectivity index (χ1v) is 5.85. The highest BCUT2D eigenvalue weighted by Crippen LogP contribution is 2.11. The van der Waals surface area contributed by atoms with Crippen LogP contribution >= 0.6 is 0 Å². The number of hydrogen-bond acceptors (Lipinski definition) is 3. The Morgan fingerprint density at radius 1 is 1.50 bits per heavy atom. The summed E-state index contributed by atoms with van der Waals surface area (Å²) >= 11 is 0. The van der Waals surface area contributed by atoms with Crippen molar-refractivity contribution in [2.75, 3.05) is 26.4 Å². The predicted octanol–water partition coefficient (Wildman–Crippen LogP) is 1.75. The number of hydrogen-bond donors (Lipinski definition) is 1. The average Bonchev–Trinajstić information content (AvgIpc) is 2.77. The third-order valence-corrected chi connectivity index (χ3v) is 2.72. The topological polar surface area (TPSA) is 30.5 Å². The lowest BCUT2D eigenvalue weighted by atomic mass is 10.2. The minimum absolute atomic E-state index is 0.515. The predicted molar refractivity (Wildman–Crippen MR) is 63.9 cm³/mol. The summed E-state index contributed by atoms with van der Waals surface area (Å²) in [5.41, 5.74) is 1.23. The fourth-order valence-electron chi connectivity index (χ4n) is 1.83. The summed E-state index contributed by atoms with van der Waals surface area (Å²) in [4.78, 5) is 0. The molecule has 0 radical (unpaired) electrons. The van der Waals surface area contributed by atoms with E-state index in [-0.39, 0.29) is 0 Å². The standard InChI is InChI=1S/C13H19NO2/c1-11-3-2-4-13(9-11)16-8-6-14-12-5-7-15-10-12/h2-4,9,12,14H,5-8,10H2,1H3. The molecule has 1 aliphatic rings. The summed E-state index contributed by atoms with van der Waals surface area (Å²) in [6.45, 7) is 5.38. The van der Waals surface area contributed by atoms with Gasteiger partial charge in [-0.1, -0.05) is 12.1 Å². The molecule has 0 spiro atoms. The van der Waals surface area contributed by atoms with E-state index in [1.807, 2.05) is 12.1 Å². The van der Waals surface area contributed by atoms with E-state index in [9.17, 15) is 0 Å². The van der Waals surface area contributed by atoms with Gasteiger partial charge in [0.05, 0.1) is 6.61 Å². The number of aryl methyl sites for hydroxylation is 1. The highest BCUT2D eigenvalue weighted by atomic mass is 16.5. The molecule has 1 aliphatic heterocycles. The van der Waals surface area contributed by atoms with E-state index in [1.54, 1.807) is 0 Å². The maximum Gasteiger partial charge on any atom is 0.119 e. The lowest BCUT2D eigenvalue weighted by Crippen LogP contribution is -2.32. The summed E-state index contributed by atoms with van der Waals surface area (Å²) in [7, 11) is 0. The molecule has 1 heterocycles. The molecule has 0 bridgehead atoms. The zero-order valence-corrected chi connectivity index (χ0v) is 9.74. The van der Waals surface area contributed by atoms with Crippen molar-refractivity contribution in [1.29, 1.82) is 0 Å². The Morgan fingerprint density at radius 2 is 2.44 bits per heavy atom. The molecule has 1 aromatic carbocycles. The maximum atomic E-state index is 5.64. The molecular formula is C13H19NO2. The van der Waals surface area contributed by atoms with Crippen molar-refractivity contribution in [1.82, 2.24) is 5.32 Å². The van der Waals surface area contributed by atoms with Gasteiger partial charge in [0, 0.05) is 19.2 Å². The molecule has 1 atom stereocenters. The van der Waals surface area contributed by atoms with Crippen LogP contribution in [0.1, 0.15) is 12.0 Å². The van der Waals surface area contributed by atoms with Crippen molar-refractivity contribution in [3.8, 4) is 5.75 Å². The first-order chi connectivity index (χ1) is 7.84. The second-order valence-electron chi connectivity index (χ2n) is 4.18. The zero-order chi connectivity index (χ0) is 11.2. The van der Waals surface area contributed by atoms with Crippen LogP contribution in [0.4, 0.5) is 0 Å². The highest BCUT2D eigenvalue weighted by molar-refractivity contribution is 5.27. The van der Waals surface area contributed by atoms with Crippen molar-refractivity contribution in [3.63, 3.8) is 0 Å². The summed E-state index contributed by atoms with van der Waals surface area (Å²) < 4.78 is 10.9. The Labute approximate surface area is 96.8 Å². The minimum Gasteiger partial charge on any atom is -0.492 e. The van der Waals surface area contributed by atoms with Gasteiger partial charge < -0.3 is 14.8 Å². The van der Waals surface area contributed by atoms with Crippen LogP contribution in [0.2, 0.25) is 0 Å². The molecular weight excluding hydrogens is 202 g/mol. The monoisotopic (exact) mass is 221 g/mol. The molecule has 1 unspecified atom stereocenters. The molecule has 3 heteroatoms. The first kappa shape index (κ1) is 11.4. The van der Waals surface area contributed by atoms with Gasteiger partial charge in [-0.2, -0.15) is 0 Å². The van der Waals surface area contributed by atoms with Gasteiger partial charge in [0.15, 0.2) is 0 Å². The smallest absolute Gasteiger partial charge is 0.119 e. The van der Waals surface area contributed by atoms with Gasteiger partial charge in [0.2, 0.25) is 0 Å². The normalized spacial score (nSPS) is 19.9. The van der Waals surface area contributed by atoms with Crippen LogP contribution in [-0.2, 0) is 4.74 Å². The minimum atomic E-state index is 0.515. The lowest BCUT2D eigenvalue weighted by Gasteiger charge is -2.11. The first-order valence-electron chi connectivity index (χ1n) is 5.85. The van der Waals surface area contributed by atoms with Gasteiger partial charge in [0.1, 0.15) is 12.4 Å². The number of rotatable bonds is 5. The van der Waals surface area contributed by atoms with Crippen LogP contribution < -0.4 is 10.1 Å². The second kappa shape index (κ2) is 5.87. The Hall–Kier alpha value is -1.06. The Bertz CT molecular complexity index is 321. The molecule has 1 N–H and O–H groups in total. The number of ether oxygens (including phenoxy) is 2. The average molecular weight is 221 g/mol. The molecule has 16 heavy (non-hydrogen) atoms. The van der Waals surface area contributed by atoms with Gasteiger partial charge in [-0.25, -0.2) is 0 Å². The van der Waals surface area contributed by atoms with Crippen LogP contribution in [0.5, 0.6) is 5.75 Å². The van der Waals surface area contributed by atoms with E-state index in [0.717, 1.165) is 31.9 Å². The van der Waals surface area contributed by atoms with Crippen LogP contribution in [0.15, 0.2) is 24.3 Å². The van der Waals surface area contributed by atoms with E-state index in [2.05, 4.69) is 24.4 Å². The molecule has 0 aromatic heterocycles. The molecule has 1 fully saturated rings. The third-order valence-electron chi connectivity index (χ3n) is 2.72. The largest absolute Gasteiger partial charge is 0.492 e. The van der Waals surface area contributed by atoms with Gasteiger partial charge in [-0.3, -0.25) is 0 Å². The quantitative estimate of drug-likeness (QED) is 0.768. The van der Waals surface area contributed by atoms with Crippen molar-refractivity contribution in [3.05, 3.63) is 29.8 Å². The molecule has 1 saturated heterocycles. The van der Waals surface area contributed by atoms with Crippen molar-refractivity contribution in [2.24, 2.45) is 0 Å². The van der Waals surface area contributed by atoms with Crippen molar-refractivity contribution in [2.45, 2.75) is 19.4 Å². The van der Waals surface area contributed by atoms with E-state index < -0.39 is 0 Å². The van der Waals surface area contributed by atoms with Crippen LogP contribution in [0.3, 0.4) is 0 Å². The van der Waals surface area contributed by atoms with Crippen LogP contribution in [0.25, 0.3) is 0 Å². The van der Waals surface area contributed by atoms with E-state index in [1.165, 1.54) is 5.56 Å². The fraction of sp³-hybridized carbons (Fsp3) is 0.538. The summed E-state index contributed by atoms with van der Waals surface area (Å²) in [6.07, 6.45) is 1.12. The lowest BCUT2D eigenvalue weighted by molar-refractivity contribution is 0.188. The Balaban J connectivity index is 1.64. The molecule has 1 aromatic rings. The number of nitrogens with one attached hydrogen (secondary N) is 1. The highest BCUT2D eigenvalue weighted by Gasteiger charge is 2.13. The van der Waals surface area contributed by atoms with Gasteiger partial charge in [-0.15, -0.1) is 0 Å². The molecule has 0 amide bonds. The van der Waals surface area contributed by atoms with Crippen LogP contribution in [-0.4, -0.2) is 32.4 Å². The summed E-state index contributed by atoms with van der Waals surface area (Å²) in [6, 6.07) is 8.65. The van der Waals surface area contributed by atoms with Crippen LogP contribution in [0, 0.1) is 6.92 Å². The summed E-state index contributed by atoms with van der Waals surface area (Å²) in [5, 5.41) is 3.42. The van der Waals surface area contributed by atoms with Crippen molar-refractivity contribution < 1.29 is 9.47 Å². The van der Waals surface area contributed by atoms with E-state index in [4.69, 9.17) is 9.47 Å². The van der Waals surface area contributed by atoms with Gasteiger partial charge >= 0.3 is 0 Å². The molecule has 88 valence electrons. The van der Waals surface area contributed by atoms with Gasteiger partial charge in [-0.05, 0) is 31.0 Å². The SMILES string of the molecule is Cc1cccc(OCCNC2CCOC2)c1. The summed E-state index contributed by atoms with van der Waals surface area (Å²) in [5.74, 6) is 0.949. The van der Waals surface area contributed by atoms with Gasteiger partial charge in [0.25, 0.3) is 0 Å². The fourth-order valence-corrected chi connectivity index (χ4v) is 1.83. The van der Waals surface area contributed by atoms with Crippen molar-refractivity contribution >= 4 is 0 Å². The second-order valence-corrected chi connectivity index (χ2v) is 4.18. The molecule has 0 aliphatic carbocycles. The van der Waals surface area contributed by atoms with E-state index >= 15 is 0 Å². The number of benzene rings is 1. The third kappa shape index (κ3) is 3.51.